The first-order chi connectivity index (χ1) is 8.15. The summed E-state index contributed by atoms with van der Waals surface area (Å²) in [5.74, 6) is 0.875. The van der Waals surface area contributed by atoms with Crippen LogP contribution in [-0.2, 0) is 4.79 Å². The molecule has 0 spiro atoms. The fraction of sp³-hybridized carbons (Fsp3) is 0.400. The van der Waals surface area contributed by atoms with Crippen LogP contribution in [0.15, 0.2) is 30.3 Å². The quantitative estimate of drug-likeness (QED) is 0.766. The molecule has 1 nitrogen and oxygen atoms in total. The predicted octanol–water partition coefficient (Wildman–Crippen LogP) is 4.37. The van der Waals surface area contributed by atoms with E-state index in [4.69, 9.17) is 0 Å². The number of rotatable bonds is 2. The van der Waals surface area contributed by atoms with E-state index < -0.39 is 0 Å². The van der Waals surface area contributed by atoms with Crippen LogP contribution in [0.5, 0.6) is 0 Å². The van der Waals surface area contributed by atoms with E-state index in [1.165, 1.54) is 15.0 Å². The first-order valence-corrected chi connectivity index (χ1v) is 6.98. The van der Waals surface area contributed by atoms with Gasteiger partial charge < -0.3 is 0 Å². The van der Waals surface area contributed by atoms with Gasteiger partial charge in [-0.2, -0.15) is 0 Å². The highest BCUT2D eigenvalue weighted by Crippen LogP contribution is 2.54. The minimum Gasteiger partial charge on any atom is -0.299 e. The Bertz CT molecular complexity index is 550. The van der Waals surface area contributed by atoms with Crippen molar-refractivity contribution in [1.29, 1.82) is 0 Å². The van der Waals surface area contributed by atoms with E-state index in [0.29, 0.717) is 11.7 Å². The molecule has 2 atom stereocenters. The average Bonchev–Trinajstić information content (AvgIpc) is 2.77. The number of fused-ring (bicyclic) bond motifs is 1. The van der Waals surface area contributed by atoms with Crippen LogP contribution in [0.25, 0.3) is 10.1 Å². The molecule has 1 aliphatic rings. The summed E-state index contributed by atoms with van der Waals surface area (Å²) in [7, 11) is 0. The van der Waals surface area contributed by atoms with Gasteiger partial charge in [-0.05, 0) is 23.9 Å². The van der Waals surface area contributed by atoms with Gasteiger partial charge in [0.05, 0.1) is 0 Å². The van der Waals surface area contributed by atoms with Gasteiger partial charge in [-0.15, -0.1) is 11.3 Å². The Balaban J connectivity index is 2.03. The molecule has 0 bridgehead atoms. The average molecular weight is 244 g/mol. The highest BCUT2D eigenvalue weighted by Gasteiger charge is 2.50. The topological polar surface area (TPSA) is 17.1 Å². The Hall–Kier alpha value is -1.15. The van der Waals surface area contributed by atoms with Gasteiger partial charge in [-0.3, -0.25) is 4.79 Å². The van der Waals surface area contributed by atoms with Gasteiger partial charge in [-0.25, -0.2) is 0 Å². The smallest absolute Gasteiger partial charge is 0.140 e. The molecular weight excluding hydrogens is 228 g/mol. The zero-order valence-electron chi connectivity index (χ0n) is 10.2. The van der Waals surface area contributed by atoms with Crippen molar-refractivity contribution in [1.82, 2.24) is 0 Å². The van der Waals surface area contributed by atoms with Gasteiger partial charge >= 0.3 is 0 Å². The number of carbonyl (C=O) groups is 1. The maximum Gasteiger partial charge on any atom is 0.140 e. The number of benzene rings is 1. The van der Waals surface area contributed by atoms with Crippen LogP contribution in [0.3, 0.4) is 0 Å². The Morgan fingerprint density at radius 1 is 1.41 bits per heavy atom. The molecule has 0 aliphatic heterocycles. The molecule has 0 N–H and O–H groups in total. The fourth-order valence-electron chi connectivity index (χ4n) is 2.74. The maximum atomic E-state index is 11.8. The molecule has 17 heavy (non-hydrogen) atoms. The monoisotopic (exact) mass is 244 g/mol. The van der Waals surface area contributed by atoms with Gasteiger partial charge in [0.25, 0.3) is 0 Å². The summed E-state index contributed by atoms with van der Waals surface area (Å²) in [5, 5.41) is 1.31. The standard InChI is InChI=1S/C15H16OS/c1-3-15(2)11(9-14(15)16)13-8-10-6-4-5-7-12(10)17-13/h4-8,11H,3,9H2,1-2H3. The Labute approximate surface area is 105 Å². The Kier molecular flexibility index (Phi) is 2.37. The molecule has 0 saturated heterocycles. The summed E-state index contributed by atoms with van der Waals surface area (Å²) in [5.41, 5.74) is -0.110. The minimum atomic E-state index is -0.110. The van der Waals surface area contributed by atoms with Crippen molar-refractivity contribution >= 4 is 27.2 Å². The zero-order chi connectivity index (χ0) is 12.0. The number of thiophene rings is 1. The molecule has 0 radical (unpaired) electrons. The third kappa shape index (κ3) is 1.47. The van der Waals surface area contributed by atoms with E-state index in [1.54, 1.807) is 0 Å². The highest BCUT2D eigenvalue weighted by atomic mass is 32.1. The molecule has 1 fully saturated rings. The zero-order valence-corrected chi connectivity index (χ0v) is 11.0. The van der Waals surface area contributed by atoms with Crippen LogP contribution in [0.1, 0.15) is 37.5 Å². The second kappa shape index (κ2) is 3.67. The maximum absolute atomic E-state index is 11.8. The van der Waals surface area contributed by atoms with Gasteiger partial charge in [0.15, 0.2) is 0 Å². The van der Waals surface area contributed by atoms with Crippen molar-refractivity contribution in [2.75, 3.05) is 0 Å². The molecule has 2 heteroatoms. The lowest BCUT2D eigenvalue weighted by Gasteiger charge is -2.44. The van der Waals surface area contributed by atoms with Crippen molar-refractivity contribution in [2.24, 2.45) is 5.41 Å². The van der Waals surface area contributed by atoms with Crippen LogP contribution in [0, 0.1) is 5.41 Å². The van der Waals surface area contributed by atoms with Gasteiger partial charge in [0.1, 0.15) is 5.78 Å². The third-order valence-corrected chi connectivity index (χ3v) is 5.55. The van der Waals surface area contributed by atoms with Crippen LogP contribution in [0.4, 0.5) is 0 Å². The van der Waals surface area contributed by atoms with E-state index in [0.717, 1.165) is 12.8 Å². The summed E-state index contributed by atoms with van der Waals surface area (Å²) in [6.45, 7) is 4.24. The second-order valence-electron chi connectivity index (χ2n) is 5.14. The van der Waals surface area contributed by atoms with E-state index in [9.17, 15) is 4.79 Å². The molecule has 0 amide bonds. The van der Waals surface area contributed by atoms with E-state index in [-0.39, 0.29) is 5.41 Å². The normalized spacial score (nSPS) is 28.4. The molecule has 88 valence electrons. The number of hydrogen-bond acceptors (Lipinski definition) is 2. The van der Waals surface area contributed by atoms with Crippen LogP contribution < -0.4 is 0 Å². The summed E-state index contributed by atoms with van der Waals surface area (Å²) >= 11 is 1.85. The highest BCUT2D eigenvalue weighted by molar-refractivity contribution is 7.19. The van der Waals surface area contributed by atoms with Crippen molar-refractivity contribution < 1.29 is 4.79 Å². The lowest BCUT2D eigenvalue weighted by molar-refractivity contribution is -0.139. The third-order valence-electron chi connectivity index (χ3n) is 4.32. The lowest BCUT2D eigenvalue weighted by atomic mass is 9.58. The molecule has 2 unspecified atom stereocenters. The van der Waals surface area contributed by atoms with Crippen LogP contribution in [-0.4, -0.2) is 5.78 Å². The van der Waals surface area contributed by atoms with E-state index in [2.05, 4.69) is 44.2 Å². The minimum absolute atomic E-state index is 0.110. The van der Waals surface area contributed by atoms with Crippen molar-refractivity contribution in [2.45, 2.75) is 32.6 Å². The van der Waals surface area contributed by atoms with Gasteiger partial charge in [-0.1, -0.05) is 32.0 Å². The molecule has 1 saturated carbocycles. The van der Waals surface area contributed by atoms with Gasteiger partial charge in [0, 0.05) is 27.3 Å². The van der Waals surface area contributed by atoms with Crippen molar-refractivity contribution in [3.63, 3.8) is 0 Å². The molecule has 1 aliphatic carbocycles. The summed E-state index contributed by atoms with van der Waals surface area (Å²) in [6, 6.07) is 10.7. The molecule has 3 rings (SSSR count). The second-order valence-corrected chi connectivity index (χ2v) is 6.25. The first-order valence-electron chi connectivity index (χ1n) is 6.17. The van der Waals surface area contributed by atoms with E-state index in [1.807, 2.05) is 11.3 Å². The Morgan fingerprint density at radius 2 is 2.18 bits per heavy atom. The lowest BCUT2D eigenvalue weighted by Crippen LogP contribution is -2.45. The summed E-state index contributed by atoms with van der Waals surface area (Å²) in [4.78, 5) is 13.2. The van der Waals surface area contributed by atoms with Crippen LogP contribution in [0.2, 0.25) is 0 Å². The number of carbonyl (C=O) groups excluding carboxylic acids is 1. The SMILES string of the molecule is CCC1(C)C(=O)CC1c1cc2ccccc2s1. The first kappa shape index (κ1) is 11.0. The fourth-order valence-corrected chi connectivity index (χ4v) is 4.06. The number of ketones is 1. The molecule has 1 aromatic carbocycles. The van der Waals surface area contributed by atoms with Crippen LogP contribution >= 0.6 is 11.3 Å². The number of hydrogen-bond donors (Lipinski definition) is 0. The number of Topliss-reactive ketones (excluding diaryl/α,β-unsaturated/α-hetero) is 1. The summed E-state index contributed by atoms with van der Waals surface area (Å²) in [6.07, 6.45) is 1.68. The summed E-state index contributed by atoms with van der Waals surface area (Å²) < 4.78 is 1.33. The largest absolute Gasteiger partial charge is 0.299 e. The Morgan fingerprint density at radius 3 is 2.82 bits per heavy atom. The molecular formula is C15H16OS. The van der Waals surface area contributed by atoms with E-state index >= 15 is 0 Å². The molecule has 1 heterocycles. The predicted molar refractivity (Wildman–Crippen MR) is 72.6 cm³/mol. The van der Waals surface area contributed by atoms with Gasteiger partial charge in [0.2, 0.25) is 0 Å². The van der Waals surface area contributed by atoms with Crippen molar-refractivity contribution in [3.8, 4) is 0 Å². The molecule has 1 aromatic heterocycles. The molecule has 2 aromatic rings. The van der Waals surface area contributed by atoms with Crippen molar-refractivity contribution in [3.05, 3.63) is 35.2 Å².